The van der Waals surface area contributed by atoms with Gasteiger partial charge in [0, 0.05) is 18.8 Å². The summed E-state index contributed by atoms with van der Waals surface area (Å²) in [5.41, 5.74) is 15.4. The summed E-state index contributed by atoms with van der Waals surface area (Å²) >= 11 is 0. The average molecular weight is 406 g/mol. The maximum absolute atomic E-state index is 5.83. The van der Waals surface area contributed by atoms with Gasteiger partial charge < -0.3 is 21.5 Å². The minimum atomic E-state index is -0.165. The summed E-state index contributed by atoms with van der Waals surface area (Å²) in [6, 6.07) is 13.9. The van der Waals surface area contributed by atoms with Gasteiger partial charge in [-0.2, -0.15) is 0 Å². The second-order valence-corrected chi connectivity index (χ2v) is 5.44. The number of anilines is 1. The smallest absolute Gasteiger partial charge is 0.153 e. The summed E-state index contributed by atoms with van der Waals surface area (Å²) in [5.74, 6) is 1.29. The lowest BCUT2D eigenvalue weighted by molar-refractivity contribution is 0.281. The number of nitrogens with one attached hydrogen (secondary N) is 1. The van der Waals surface area contributed by atoms with Gasteiger partial charge in [-0.15, -0.1) is 37.2 Å². The van der Waals surface area contributed by atoms with Crippen LogP contribution in [0.25, 0.3) is 0 Å². The number of nitrogen functional groups attached to an aromatic ring is 1. The summed E-state index contributed by atoms with van der Waals surface area (Å²) in [4.78, 5) is 4.39. The van der Waals surface area contributed by atoms with Crippen molar-refractivity contribution in [2.75, 3.05) is 5.73 Å². The fourth-order valence-electron chi connectivity index (χ4n) is 2.33. The Labute approximate surface area is 166 Å². The molecule has 0 fully saturated rings. The van der Waals surface area contributed by atoms with Crippen molar-refractivity contribution in [3.63, 3.8) is 0 Å². The Morgan fingerprint density at radius 1 is 0.960 bits per heavy atom. The van der Waals surface area contributed by atoms with E-state index in [0.29, 0.717) is 5.84 Å². The first-order chi connectivity index (χ1) is 10.6. The molecule has 0 bridgehead atoms. The molecule has 0 radical (unpaired) electrons. The van der Waals surface area contributed by atoms with Crippen LogP contribution in [0, 0.1) is 0 Å². The molecule has 0 aliphatic carbocycles. The Hall–Kier alpha value is -1.66. The second-order valence-electron chi connectivity index (χ2n) is 5.44. The largest absolute Gasteiger partial charge is 0.481 e. The van der Waals surface area contributed by atoms with E-state index in [2.05, 4.69) is 10.3 Å². The van der Waals surface area contributed by atoms with Gasteiger partial charge in [-0.1, -0.05) is 18.2 Å². The van der Waals surface area contributed by atoms with E-state index in [-0.39, 0.29) is 43.3 Å². The summed E-state index contributed by atoms with van der Waals surface area (Å²) in [7, 11) is 0. The number of benzene rings is 2. The van der Waals surface area contributed by atoms with Crippen molar-refractivity contribution in [3.8, 4) is 5.75 Å². The molecule has 0 saturated heterocycles. The molecule has 1 atom stereocenters. The standard InChI is InChI=1S/C17H20N4O.3ClH/c1-11-17(19)21-15-8-13(4-7-16(15)22-11)10-20-9-12-2-5-14(18)6-3-12;;;/h2-8,11,20H,9-10,18H2,1H3,(H2,19,21);3*1H. The van der Waals surface area contributed by atoms with Gasteiger partial charge in [0.25, 0.3) is 0 Å². The molecule has 1 heterocycles. The van der Waals surface area contributed by atoms with Crippen LogP contribution in [0.2, 0.25) is 0 Å². The molecule has 0 saturated carbocycles. The minimum absolute atomic E-state index is 0. The molecule has 3 rings (SSSR count). The van der Waals surface area contributed by atoms with E-state index in [0.717, 1.165) is 35.8 Å². The van der Waals surface area contributed by atoms with Crippen LogP contribution in [0.5, 0.6) is 5.75 Å². The lowest BCUT2D eigenvalue weighted by atomic mass is 10.1. The molecular weight excluding hydrogens is 383 g/mol. The highest BCUT2D eigenvalue weighted by molar-refractivity contribution is 5.89. The van der Waals surface area contributed by atoms with Gasteiger partial charge in [-0.05, 0) is 42.3 Å². The van der Waals surface area contributed by atoms with Gasteiger partial charge in [0.1, 0.15) is 17.3 Å². The lowest BCUT2D eigenvalue weighted by Crippen LogP contribution is -2.33. The molecular formula is C17H23Cl3N4O. The van der Waals surface area contributed by atoms with Gasteiger partial charge in [0.15, 0.2) is 6.10 Å². The Bertz CT molecular complexity index is 708. The molecule has 5 nitrogen and oxygen atoms in total. The number of nitrogens with two attached hydrogens (primary N) is 2. The average Bonchev–Trinajstić information content (AvgIpc) is 2.51. The van der Waals surface area contributed by atoms with Crippen LogP contribution in [-0.4, -0.2) is 11.9 Å². The fraction of sp³-hybridized carbons (Fsp3) is 0.235. The van der Waals surface area contributed by atoms with Crippen molar-refractivity contribution in [2.24, 2.45) is 10.7 Å². The minimum Gasteiger partial charge on any atom is -0.481 e. The van der Waals surface area contributed by atoms with Crippen LogP contribution >= 0.6 is 37.2 Å². The summed E-state index contributed by atoms with van der Waals surface area (Å²) in [6.45, 7) is 3.43. The highest BCUT2D eigenvalue weighted by Crippen LogP contribution is 2.32. The first-order valence-electron chi connectivity index (χ1n) is 7.30. The van der Waals surface area contributed by atoms with Crippen LogP contribution in [-0.2, 0) is 13.1 Å². The molecule has 0 aromatic heterocycles. The van der Waals surface area contributed by atoms with Crippen LogP contribution in [0.3, 0.4) is 0 Å². The van der Waals surface area contributed by atoms with Crippen molar-refractivity contribution in [1.29, 1.82) is 0 Å². The highest BCUT2D eigenvalue weighted by atomic mass is 35.5. The van der Waals surface area contributed by atoms with E-state index in [1.807, 2.05) is 49.4 Å². The molecule has 1 unspecified atom stereocenters. The third kappa shape index (κ3) is 5.97. The first kappa shape index (κ1) is 23.3. The predicted molar refractivity (Wildman–Crippen MR) is 111 cm³/mol. The van der Waals surface area contributed by atoms with E-state index in [9.17, 15) is 0 Å². The molecule has 1 aliphatic heterocycles. The van der Waals surface area contributed by atoms with Crippen LogP contribution in [0.4, 0.5) is 11.4 Å². The van der Waals surface area contributed by atoms with E-state index in [4.69, 9.17) is 16.2 Å². The highest BCUT2D eigenvalue weighted by Gasteiger charge is 2.17. The zero-order chi connectivity index (χ0) is 15.5. The van der Waals surface area contributed by atoms with Crippen molar-refractivity contribution >= 4 is 54.4 Å². The molecule has 0 spiro atoms. The molecule has 25 heavy (non-hydrogen) atoms. The van der Waals surface area contributed by atoms with Crippen LogP contribution in [0.1, 0.15) is 18.1 Å². The second kappa shape index (κ2) is 10.4. The topological polar surface area (TPSA) is 85.7 Å². The number of halogens is 3. The molecule has 1 aliphatic rings. The Kier molecular flexibility index (Phi) is 9.67. The molecule has 5 N–H and O–H groups in total. The normalized spacial score (nSPS) is 14.6. The number of rotatable bonds is 4. The molecule has 8 heteroatoms. The zero-order valence-electron chi connectivity index (χ0n) is 13.8. The maximum atomic E-state index is 5.83. The SMILES string of the molecule is CC1Oc2ccc(CNCc3ccc(N)cc3)cc2N=C1N.Cl.Cl.Cl. The number of hydrogen-bond donors (Lipinski definition) is 3. The van der Waals surface area contributed by atoms with Crippen LogP contribution < -0.4 is 21.5 Å². The lowest BCUT2D eigenvalue weighted by Gasteiger charge is -2.21. The van der Waals surface area contributed by atoms with Gasteiger partial charge in [-0.3, -0.25) is 0 Å². The van der Waals surface area contributed by atoms with Crippen molar-refractivity contribution < 1.29 is 4.74 Å². The molecule has 2 aromatic carbocycles. The van der Waals surface area contributed by atoms with E-state index >= 15 is 0 Å². The number of aliphatic imine (C=N–C) groups is 1. The van der Waals surface area contributed by atoms with Crippen molar-refractivity contribution in [1.82, 2.24) is 5.32 Å². The van der Waals surface area contributed by atoms with Gasteiger partial charge in [0.05, 0.1) is 0 Å². The van der Waals surface area contributed by atoms with E-state index in [1.54, 1.807) is 0 Å². The monoisotopic (exact) mass is 404 g/mol. The number of ether oxygens (including phenoxy) is 1. The fourth-order valence-corrected chi connectivity index (χ4v) is 2.33. The first-order valence-corrected chi connectivity index (χ1v) is 7.30. The summed E-state index contributed by atoms with van der Waals surface area (Å²) in [5, 5.41) is 3.40. The summed E-state index contributed by atoms with van der Waals surface area (Å²) in [6.07, 6.45) is -0.165. The number of fused-ring (bicyclic) bond motifs is 1. The van der Waals surface area contributed by atoms with Crippen molar-refractivity contribution in [3.05, 3.63) is 53.6 Å². The van der Waals surface area contributed by atoms with E-state index in [1.165, 1.54) is 5.56 Å². The van der Waals surface area contributed by atoms with Crippen LogP contribution in [0.15, 0.2) is 47.5 Å². The predicted octanol–water partition coefficient (Wildman–Crippen LogP) is 3.59. The molecule has 0 amide bonds. The van der Waals surface area contributed by atoms with Gasteiger partial charge >= 0.3 is 0 Å². The Morgan fingerprint density at radius 2 is 1.56 bits per heavy atom. The van der Waals surface area contributed by atoms with E-state index < -0.39 is 0 Å². The van der Waals surface area contributed by atoms with Gasteiger partial charge in [0.2, 0.25) is 0 Å². The quantitative estimate of drug-likeness (QED) is 0.678. The Balaban J connectivity index is 0.00000192. The number of hydrogen-bond acceptors (Lipinski definition) is 5. The zero-order valence-corrected chi connectivity index (χ0v) is 16.2. The molecule has 138 valence electrons. The van der Waals surface area contributed by atoms with Crippen molar-refractivity contribution in [2.45, 2.75) is 26.1 Å². The third-order valence-corrected chi connectivity index (χ3v) is 3.63. The Morgan fingerprint density at radius 3 is 2.24 bits per heavy atom. The number of nitrogens with zero attached hydrogens (tertiary/aromatic N) is 1. The molecule has 2 aromatic rings. The number of amidine groups is 1. The maximum Gasteiger partial charge on any atom is 0.153 e. The third-order valence-electron chi connectivity index (χ3n) is 3.63. The van der Waals surface area contributed by atoms with Gasteiger partial charge in [-0.25, -0.2) is 4.99 Å². The summed E-state index contributed by atoms with van der Waals surface area (Å²) < 4.78 is 5.70.